The third-order valence-electron chi connectivity index (χ3n) is 2.45. The Hall–Kier alpha value is -2.04. The van der Waals surface area contributed by atoms with Gasteiger partial charge in [-0.2, -0.15) is 0 Å². The molecular formula is C14H11ClO4. The first kappa shape index (κ1) is 13.4. The number of rotatable bonds is 3. The Morgan fingerprint density at radius 2 is 1.89 bits per heavy atom. The van der Waals surface area contributed by atoms with Crippen LogP contribution in [0.5, 0.6) is 5.75 Å². The molecule has 2 aromatic rings. The molecule has 0 spiro atoms. The Bertz CT molecular complexity index is 656. The van der Waals surface area contributed by atoms with Crippen LogP contribution < -0.4 is 5.43 Å². The SMILES string of the molecule is O=c1cc(CO)oc(C=Cc2ccc(Cl)cc2)c1O. The first-order chi connectivity index (χ1) is 9.10. The molecule has 1 aromatic heterocycles. The van der Waals surface area contributed by atoms with E-state index in [1.54, 1.807) is 30.3 Å². The normalized spacial score (nSPS) is 11.1. The molecular weight excluding hydrogens is 268 g/mol. The summed E-state index contributed by atoms with van der Waals surface area (Å²) < 4.78 is 5.17. The molecule has 0 atom stereocenters. The summed E-state index contributed by atoms with van der Waals surface area (Å²) in [6, 6.07) is 8.06. The minimum atomic E-state index is -0.592. The quantitative estimate of drug-likeness (QED) is 0.905. The largest absolute Gasteiger partial charge is 0.502 e. The lowest BCUT2D eigenvalue weighted by Crippen LogP contribution is -2.02. The van der Waals surface area contributed by atoms with Crippen LogP contribution in [0.25, 0.3) is 12.2 Å². The van der Waals surface area contributed by atoms with E-state index in [1.807, 2.05) is 0 Å². The van der Waals surface area contributed by atoms with Crippen molar-refractivity contribution in [1.29, 1.82) is 0 Å². The molecule has 2 N–H and O–H groups in total. The predicted molar refractivity (Wildman–Crippen MR) is 72.9 cm³/mol. The van der Waals surface area contributed by atoms with Crippen LogP contribution in [0.4, 0.5) is 0 Å². The standard InChI is InChI=1S/C14H11ClO4/c15-10-4-1-9(2-5-10)3-6-13-14(18)12(17)7-11(8-16)19-13/h1-7,16,18H,8H2. The zero-order valence-electron chi connectivity index (χ0n) is 9.84. The third-order valence-corrected chi connectivity index (χ3v) is 2.70. The molecule has 0 aliphatic heterocycles. The molecule has 0 fully saturated rings. The summed E-state index contributed by atoms with van der Waals surface area (Å²) in [6.07, 6.45) is 3.12. The number of aliphatic hydroxyl groups excluding tert-OH is 1. The average molecular weight is 279 g/mol. The fourth-order valence-corrected chi connectivity index (χ4v) is 1.62. The number of hydrogen-bond donors (Lipinski definition) is 2. The first-order valence-corrected chi connectivity index (χ1v) is 5.88. The van der Waals surface area contributed by atoms with Gasteiger partial charge in [0.25, 0.3) is 0 Å². The minimum Gasteiger partial charge on any atom is -0.502 e. The summed E-state index contributed by atoms with van der Waals surface area (Å²) >= 11 is 5.76. The van der Waals surface area contributed by atoms with E-state index in [2.05, 4.69) is 0 Å². The smallest absolute Gasteiger partial charge is 0.227 e. The molecule has 0 aliphatic rings. The van der Waals surface area contributed by atoms with E-state index in [-0.39, 0.29) is 11.5 Å². The molecule has 0 saturated heterocycles. The van der Waals surface area contributed by atoms with E-state index >= 15 is 0 Å². The van der Waals surface area contributed by atoms with Crippen LogP contribution in [-0.2, 0) is 6.61 Å². The second-order valence-electron chi connectivity index (χ2n) is 3.83. The van der Waals surface area contributed by atoms with E-state index < -0.39 is 17.8 Å². The molecule has 0 radical (unpaired) electrons. The molecule has 0 aliphatic carbocycles. The van der Waals surface area contributed by atoms with Crippen molar-refractivity contribution in [3.05, 3.63) is 62.7 Å². The number of aromatic hydroxyl groups is 1. The molecule has 1 aromatic carbocycles. The average Bonchev–Trinajstić information content (AvgIpc) is 2.42. The van der Waals surface area contributed by atoms with Gasteiger partial charge in [0.15, 0.2) is 5.76 Å². The van der Waals surface area contributed by atoms with Gasteiger partial charge in [-0.05, 0) is 23.8 Å². The lowest BCUT2D eigenvalue weighted by molar-refractivity contribution is 0.240. The topological polar surface area (TPSA) is 70.7 Å². The predicted octanol–water partition coefficient (Wildman–Crippen LogP) is 2.66. The maximum Gasteiger partial charge on any atom is 0.227 e. The van der Waals surface area contributed by atoms with Gasteiger partial charge in [-0.3, -0.25) is 4.79 Å². The highest BCUT2D eigenvalue weighted by molar-refractivity contribution is 6.30. The molecule has 0 saturated carbocycles. The van der Waals surface area contributed by atoms with Crippen LogP contribution in [0.15, 0.2) is 39.5 Å². The molecule has 0 amide bonds. The van der Waals surface area contributed by atoms with E-state index in [0.717, 1.165) is 11.6 Å². The van der Waals surface area contributed by atoms with Crippen molar-refractivity contribution in [2.75, 3.05) is 0 Å². The van der Waals surface area contributed by atoms with Crippen molar-refractivity contribution in [1.82, 2.24) is 0 Å². The monoisotopic (exact) mass is 278 g/mol. The Labute approximate surface area is 114 Å². The van der Waals surface area contributed by atoms with Gasteiger partial charge >= 0.3 is 0 Å². The minimum absolute atomic E-state index is 0.00602. The van der Waals surface area contributed by atoms with Crippen LogP contribution in [-0.4, -0.2) is 10.2 Å². The molecule has 0 bridgehead atoms. The fraction of sp³-hybridized carbons (Fsp3) is 0.0714. The van der Waals surface area contributed by atoms with Crippen molar-refractivity contribution in [3.8, 4) is 5.75 Å². The highest BCUT2D eigenvalue weighted by Crippen LogP contribution is 2.18. The third kappa shape index (κ3) is 3.24. The zero-order valence-corrected chi connectivity index (χ0v) is 10.6. The summed E-state index contributed by atoms with van der Waals surface area (Å²) in [7, 11) is 0. The molecule has 0 unspecified atom stereocenters. The lowest BCUT2D eigenvalue weighted by atomic mass is 10.2. The highest BCUT2D eigenvalue weighted by atomic mass is 35.5. The number of aliphatic hydroxyl groups is 1. The van der Waals surface area contributed by atoms with E-state index in [1.165, 1.54) is 6.08 Å². The molecule has 1 heterocycles. The summed E-state index contributed by atoms with van der Waals surface area (Å²) in [6.45, 7) is -0.405. The Morgan fingerprint density at radius 1 is 1.21 bits per heavy atom. The maximum atomic E-state index is 11.4. The van der Waals surface area contributed by atoms with Crippen LogP contribution in [0, 0.1) is 0 Å². The summed E-state index contributed by atoms with van der Waals surface area (Å²) in [5.41, 5.74) is 0.243. The number of benzene rings is 1. The Morgan fingerprint density at radius 3 is 2.53 bits per heavy atom. The lowest BCUT2D eigenvalue weighted by Gasteiger charge is -2.01. The molecule has 19 heavy (non-hydrogen) atoms. The zero-order chi connectivity index (χ0) is 13.8. The van der Waals surface area contributed by atoms with Gasteiger partial charge in [0.1, 0.15) is 12.4 Å². The van der Waals surface area contributed by atoms with Crippen molar-refractivity contribution in [2.45, 2.75) is 6.61 Å². The first-order valence-electron chi connectivity index (χ1n) is 5.50. The summed E-state index contributed by atoms with van der Waals surface area (Å²) in [5, 5.41) is 19.1. The number of hydrogen-bond acceptors (Lipinski definition) is 4. The van der Waals surface area contributed by atoms with Crippen LogP contribution in [0.2, 0.25) is 5.02 Å². The van der Waals surface area contributed by atoms with Crippen molar-refractivity contribution in [3.63, 3.8) is 0 Å². The van der Waals surface area contributed by atoms with Gasteiger partial charge in [-0.1, -0.05) is 29.8 Å². The summed E-state index contributed by atoms with van der Waals surface area (Å²) in [4.78, 5) is 11.4. The van der Waals surface area contributed by atoms with Crippen molar-refractivity contribution < 1.29 is 14.6 Å². The number of halogens is 1. The summed E-state index contributed by atoms with van der Waals surface area (Å²) in [5.74, 6) is -0.382. The van der Waals surface area contributed by atoms with Gasteiger partial charge in [-0.15, -0.1) is 0 Å². The second kappa shape index (κ2) is 5.73. The maximum absolute atomic E-state index is 11.4. The molecule has 5 heteroatoms. The van der Waals surface area contributed by atoms with Crippen LogP contribution in [0.1, 0.15) is 17.1 Å². The Kier molecular flexibility index (Phi) is 4.04. The van der Waals surface area contributed by atoms with Gasteiger partial charge < -0.3 is 14.6 Å². The van der Waals surface area contributed by atoms with Gasteiger partial charge in [0.05, 0.1) is 0 Å². The van der Waals surface area contributed by atoms with E-state index in [4.69, 9.17) is 21.1 Å². The van der Waals surface area contributed by atoms with E-state index in [9.17, 15) is 9.90 Å². The van der Waals surface area contributed by atoms with Gasteiger partial charge in [-0.25, -0.2) is 0 Å². The highest BCUT2D eigenvalue weighted by Gasteiger charge is 2.07. The van der Waals surface area contributed by atoms with Crippen LogP contribution >= 0.6 is 11.6 Å². The Balaban J connectivity index is 2.35. The molecule has 98 valence electrons. The van der Waals surface area contributed by atoms with Crippen LogP contribution in [0.3, 0.4) is 0 Å². The van der Waals surface area contributed by atoms with Crippen molar-refractivity contribution in [2.24, 2.45) is 0 Å². The van der Waals surface area contributed by atoms with E-state index in [0.29, 0.717) is 5.02 Å². The molecule has 2 rings (SSSR count). The fourth-order valence-electron chi connectivity index (χ4n) is 1.49. The van der Waals surface area contributed by atoms with Crippen molar-refractivity contribution >= 4 is 23.8 Å². The second-order valence-corrected chi connectivity index (χ2v) is 4.27. The van der Waals surface area contributed by atoms with Gasteiger partial charge in [0.2, 0.25) is 11.2 Å². The van der Waals surface area contributed by atoms with Gasteiger partial charge in [0, 0.05) is 11.1 Å². The molecule has 4 nitrogen and oxygen atoms in total.